The number of carboxylic acids is 1. The van der Waals surface area contributed by atoms with E-state index >= 15 is 0 Å². The first-order chi connectivity index (χ1) is 13.9. The number of fused-ring (bicyclic) bond motifs is 6. The summed E-state index contributed by atoms with van der Waals surface area (Å²) in [6.07, 6.45) is 10.9. The van der Waals surface area contributed by atoms with Crippen LogP contribution in [0.5, 0.6) is 0 Å². The van der Waals surface area contributed by atoms with Crippen molar-refractivity contribution >= 4 is 67.3 Å². The van der Waals surface area contributed by atoms with Gasteiger partial charge in [-0.25, -0.2) is 4.21 Å². The van der Waals surface area contributed by atoms with E-state index in [1.54, 1.807) is 0 Å². The fourth-order valence-electron chi connectivity index (χ4n) is 5.34. The Kier molecular flexibility index (Phi) is 12.8. The zero-order valence-electron chi connectivity index (χ0n) is 18.4. The first kappa shape index (κ1) is 32.2. The molecule has 32 heavy (non-hydrogen) atoms. The lowest BCUT2D eigenvalue weighted by molar-refractivity contribution is -0.162. The zero-order valence-corrected chi connectivity index (χ0v) is 22.4. The lowest BCUT2D eigenvalue weighted by Crippen LogP contribution is -2.54. The Morgan fingerprint density at radius 3 is 1.34 bits per heavy atom. The third-order valence-corrected chi connectivity index (χ3v) is 7.77. The zero-order chi connectivity index (χ0) is 22.6. The van der Waals surface area contributed by atoms with Crippen LogP contribution in [-0.4, -0.2) is 38.9 Å². The van der Waals surface area contributed by atoms with Crippen molar-refractivity contribution in [1.29, 1.82) is 0 Å². The van der Waals surface area contributed by atoms with Crippen LogP contribution in [-0.2, 0) is 23.6 Å². The molecule has 6 aliphatic rings. The van der Waals surface area contributed by atoms with Crippen molar-refractivity contribution < 1.29 is 23.6 Å². The van der Waals surface area contributed by atoms with E-state index in [2.05, 4.69) is 21.4 Å². The van der Waals surface area contributed by atoms with Crippen molar-refractivity contribution in [2.45, 2.75) is 95.1 Å². The number of halogens is 4. The van der Waals surface area contributed by atoms with E-state index < -0.39 is 20.6 Å². The molecule has 0 aromatic carbocycles. The van der Waals surface area contributed by atoms with Crippen molar-refractivity contribution in [3.8, 4) is 0 Å². The Balaban J connectivity index is 0.000000493. The maximum Gasteiger partial charge on any atom is 0.312 e. The SMILES string of the molecule is CCOC(=O)C12CCC(N)(CC1)CC2.Cl.Cl.NC12CCC(C(=O)O)(CC1)CC2.O=S(Cl)Cl. The highest BCUT2D eigenvalue weighted by Gasteiger charge is 2.52. The van der Waals surface area contributed by atoms with Gasteiger partial charge in [0.1, 0.15) is 0 Å². The minimum Gasteiger partial charge on any atom is -0.481 e. The maximum atomic E-state index is 11.8. The monoisotopic (exact) mass is 556 g/mol. The van der Waals surface area contributed by atoms with E-state index in [-0.39, 0.29) is 47.3 Å². The van der Waals surface area contributed by atoms with Gasteiger partial charge in [0, 0.05) is 32.4 Å². The molecule has 0 unspecified atom stereocenters. The molecular formula is C20H36Cl4N2O5S. The molecule has 4 bridgehead atoms. The molecule has 6 rings (SSSR count). The minimum atomic E-state index is -1.67. The molecule has 0 aromatic rings. The van der Waals surface area contributed by atoms with Crippen LogP contribution in [0.4, 0.5) is 0 Å². The second-order valence-electron chi connectivity index (χ2n) is 9.50. The third-order valence-electron chi connectivity index (χ3n) is 7.77. The second kappa shape index (κ2) is 12.8. The predicted molar refractivity (Wildman–Crippen MR) is 133 cm³/mol. The summed E-state index contributed by atoms with van der Waals surface area (Å²) in [5.41, 5.74) is 11.7. The van der Waals surface area contributed by atoms with E-state index in [4.69, 9.17) is 25.5 Å². The molecule has 12 heteroatoms. The Bertz CT molecular complexity index is 629. The highest BCUT2D eigenvalue weighted by molar-refractivity contribution is 8.26. The summed E-state index contributed by atoms with van der Waals surface area (Å²) in [6, 6.07) is 0. The fraction of sp³-hybridized carbons (Fsp3) is 0.900. The molecular weight excluding hydrogens is 522 g/mol. The number of ether oxygens (including phenoxy) is 1. The number of aliphatic carboxylic acids is 1. The molecule has 5 N–H and O–H groups in total. The van der Waals surface area contributed by atoms with E-state index in [9.17, 15) is 9.59 Å². The number of hydrogen-bond acceptors (Lipinski definition) is 6. The average Bonchev–Trinajstić information content (AvgIpc) is 2.70. The van der Waals surface area contributed by atoms with Gasteiger partial charge in [-0.1, -0.05) is 0 Å². The lowest BCUT2D eigenvalue weighted by atomic mass is 9.57. The van der Waals surface area contributed by atoms with Crippen LogP contribution < -0.4 is 11.5 Å². The van der Waals surface area contributed by atoms with Crippen molar-refractivity contribution in [3.05, 3.63) is 0 Å². The van der Waals surface area contributed by atoms with Gasteiger partial charge in [-0.05, 0) is 84.0 Å². The van der Waals surface area contributed by atoms with Crippen LogP contribution in [0.1, 0.15) is 84.0 Å². The van der Waals surface area contributed by atoms with Gasteiger partial charge in [-0.15, -0.1) is 24.8 Å². The maximum absolute atomic E-state index is 11.8. The lowest BCUT2D eigenvalue weighted by Gasteiger charge is -2.50. The average molecular weight is 558 g/mol. The Morgan fingerprint density at radius 2 is 1.09 bits per heavy atom. The van der Waals surface area contributed by atoms with Crippen LogP contribution in [0.25, 0.3) is 0 Å². The van der Waals surface area contributed by atoms with Crippen LogP contribution >= 0.6 is 46.2 Å². The fourth-order valence-corrected chi connectivity index (χ4v) is 5.34. The third kappa shape index (κ3) is 7.85. The number of rotatable bonds is 3. The largest absolute Gasteiger partial charge is 0.481 e. The summed E-state index contributed by atoms with van der Waals surface area (Å²) in [5, 5.41) is 9.06. The van der Waals surface area contributed by atoms with Gasteiger partial charge in [-0.3, -0.25) is 9.59 Å². The normalized spacial score (nSPS) is 36.3. The van der Waals surface area contributed by atoms with Crippen LogP contribution in [0.15, 0.2) is 0 Å². The molecule has 7 nitrogen and oxygen atoms in total. The molecule has 0 heterocycles. The number of nitrogens with two attached hydrogens (primary N) is 2. The summed E-state index contributed by atoms with van der Waals surface area (Å²) in [6.45, 7) is 2.36. The van der Waals surface area contributed by atoms with Crippen molar-refractivity contribution in [3.63, 3.8) is 0 Å². The summed E-state index contributed by atoms with van der Waals surface area (Å²) >= 11 is 0. The highest BCUT2D eigenvalue weighted by Crippen LogP contribution is 2.52. The molecule has 6 fully saturated rings. The van der Waals surface area contributed by atoms with Gasteiger partial charge < -0.3 is 21.3 Å². The summed E-state index contributed by atoms with van der Waals surface area (Å²) in [4.78, 5) is 22.8. The molecule has 0 aromatic heterocycles. The van der Waals surface area contributed by atoms with E-state index in [1.807, 2.05) is 6.92 Å². The Hall–Kier alpha value is 0.170. The number of carbonyl (C=O) groups excluding carboxylic acids is 1. The number of hydrogen-bond donors (Lipinski definition) is 3. The molecule has 0 atom stereocenters. The van der Waals surface area contributed by atoms with Crippen molar-refractivity contribution in [2.24, 2.45) is 22.3 Å². The van der Waals surface area contributed by atoms with Crippen LogP contribution in [0, 0.1) is 10.8 Å². The Labute approximate surface area is 214 Å². The number of carboxylic acid groups (broad SMARTS) is 1. The number of carbonyl (C=O) groups is 2. The molecule has 6 saturated carbocycles. The molecule has 0 saturated heterocycles. The summed E-state index contributed by atoms with van der Waals surface area (Å²) in [7, 11) is 7.36. The smallest absolute Gasteiger partial charge is 0.312 e. The first-order valence-electron chi connectivity index (χ1n) is 10.6. The highest BCUT2D eigenvalue weighted by atomic mass is 36.0. The predicted octanol–water partition coefficient (Wildman–Crippen LogP) is 4.61. The topological polar surface area (TPSA) is 133 Å². The Morgan fingerprint density at radius 1 is 0.812 bits per heavy atom. The molecule has 190 valence electrons. The quantitative estimate of drug-likeness (QED) is 0.341. The molecule has 0 spiro atoms. The van der Waals surface area contributed by atoms with E-state index in [0.717, 1.165) is 77.0 Å². The number of esters is 1. The van der Waals surface area contributed by atoms with E-state index in [1.165, 1.54) is 0 Å². The standard InChI is InChI=1S/C11H19NO2.C9H15NO2.Cl2OS.2ClH/c1-2-14-9(13)10-3-6-11(12,7-4-10)8-5-10;10-9-4-1-8(2-5-9,3-6-9)7(11)12;1-4(2)3;;/h2-8,12H2,1H3;1-6,10H2,(H,11,12);;2*1H. The molecule has 0 aliphatic heterocycles. The van der Waals surface area contributed by atoms with Crippen LogP contribution in [0.3, 0.4) is 0 Å². The van der Waals surface area contributed by atoms with Gasteiger partial charge in [0.25, 0.3) is 0 Å². The van der Waals surface area contributed by atoms with Crippen LogP contribution in [0.2, 0.25) is 0 Å². The molecule has 0 amide bonds. The molecule has 6 aliphatic carbocycles. The minimum absolute atomic E-state index is 0. The van der Waals surface area contributed by atoms with Gasteiger partial charge in [0.2, 0.25) is 9.23 Å². The van der Waals surface area contributed by atoms with Gasteiger partial charge in [0.05, 0.1) is 17.4 Å². The van der Waals surface area contributed by atoms with Gasteiger partial charge in [-0.2, -0.15) is 0 Å². The van der Waals surface area contributed by atoms with Gasteiger partial charge >= 0.3 is 11.9 Å². The van der Waals surface area contributed by atoms with E-state index in [0.29, 0.717) is 6.61 Å². The van der Waals surface area contributed by atoms with Crippen molar-refractivity contribution in [2.75, 3.05) is 6.61 Å². The van der Waals surface area contributed by atoms with Gasteiger partial charge in [0.15, 0.2) is 0 Å². The summed E-state index contributed by atoms with van der Waals surface area (Å²) in [5.74, 6) is -0.592. The summed E-state index contributed by atoms with van der Waals surface area (Å²) < 4.78 is 14.2. The van der Waals surface area contributed by atoms with Crippen molar-refractivity contribution in [1.82, 2.24) is 0 Å². The first-order valence-corrected chi connectivity index (χ1v) is 13.4. The second-order valence-corrected chi connectivity index (χ2v) is 12.0. The molecule has 0 radical (unpaired) electrons.